The van der Waals surface area contributed by atoms with Crippen molar-refractivity contribution < 1.29 is 19.0 Å². The van der Waals surface area contributed by atoms with E-state index >= 15 is 0 Å². The van der Waals surface area contributed by atoms with Gasteiger partial charge in [-0.3, -0.25) is 4.90 Å². The summed E-state index contributed by atoms with van der Waals surface area (Å²) >= 11 is 6.20. The number of likely N-dealkylation sites (tertiary alicyclic amines) is 1. The summed E-state index contributed by atoms with van der Waals surface area (Å²) in [7, 11) is 1.86. The Morgan fingerprint density at radius 3 is 2.91 bits per heavy atom. The van der Waals surface area contributed by atoms with Crippen LogP contribution in [0.4, 0.5) is 4.39 Å². The fraction of sp³-hybridized carbons (Fsp3) is 0.667. The second-order valence-corrected chi connectivity index (χ2v) is 9.93. The predicted molar refractivity (Wildman–Crippen MR) is 127 cm³/mol. The molecule has 0 amide bonds. The monoisotopic (exact) mass is 480 g/mol. The van der Waals surface area contributed by atoms with Gasteiger partial charge in [0.15, 0.2) is 11.6 Å². The molecule has 3 rings (SSSR count). The largest absolute Gasteiger partial charge is 0.504 e. The van der Waals surface area contributed by atoms with Crippen molar-refractivity contribution in [2.45, 2.75) is 83.5 Å². The molecule has 2 heterocycles. The number of halogens is 2. The molecule has 0 bridgehead atoms. The molecule has 0 unspecified atom stereocenters. The molecule has 1 saturated heterocycles. The van der Waals surface area contributed by atoms with Crippen molar-refractivity contribution in [3.63, 3.8) is 0 Å². The smallest absolute Gasteiger partial charge is 0.218 e. The van der Waals surface area contributed by atoms with E-state index in [0.717, 1.165) is 38.4 Å². The number of aldehydes is 1. The zero-order chi connectivity index (χ0) is 24.2. The molecule has 0 radical (unpaired) electrons. The van der Waals surface area contributed by atoms with Gasteiger partial charge in [0.1, 0.15) is 23.7 Å². The van der Waals surface area contributed by atoms with E-state index in [2.05, 4.69) is 9.97 Å². The van der Waals surface area contributed by atoms with Gasteiger partial charge in [0.05, 0.1) is 0 Å². The van der Waals surface area contributed by atoms with Crippen LogP contribution in [0, 0.1) is 10.8 Å². The number of hydrogen-bond acceptors (Lipinski definition) is 7. The number of aliphatic hydroxyl groups is 1. The molecule has 1 aromatic heterocycles. The van der Waals surface area contributed by atoms with E-state index < -0.39 is 6.17 Å². The van der Waals surface area contributed by atoms with Crippen LogP contribution in [0.25, 0.3) is 5.76 Å². The third kappa shape index (κ3) is 6.09. The average molecular weight is 481 g/mol. The van der Waals surface area contributed by atoms with E-state index in [-0.39, 0.29) is 40.2 Å². The molecule has 4 atom stereocenters. The van der Waals surface area contributed by atoms with Gasteiger partial charge in [-0.15, -0.1) is 0 Å². The van der Waals surface area contributed by atoms with Crippen molar-refractivity contribution in [1.82, 2.24) is 14.9 Å². The molecule has 1 saturated carbocycles. The maximum Gasteiger partial charge on any atom is 0.218 e. The Morgan fingerprint density at radius 1 is 1.48 bits per heavy atom. The SMILES string of the molecule is C[C@H](Oc1cc(Cl)nc(/C(O)=C2\CCC[C@@](C)(CCCCC=O)C2=N)n1)[C@@H]1C[C@@H](F)CN1C. The minimum Gasteiger partial charge on any atom is -0.504 e. The van der Waals surface area contributed by atoms with Gasteiger partial charge in [0.25, 0.3) is 0 Å². The Kier molecular flexibility index (Phi) is 8.45. The number of allylic oxidation sites excluding steroid dienone is 1. The molecule has 0 spiro atoms. The highest BCUT2D eigenvalue weighted by Gasteiger charge is 2.37. The number of carbonyl (C=O) groups is 1. The summed E-state index contributed by atoms with van der Waals surface area (Å²) in [4.78, 5) is 21.0. The van der Waals surface area contributed by atoms with Crippen LogP contribution < -0.4 is 4.74 Å². The zero-order valence-corrected chi connectivity index (χ0v) is 20.4. The number of hydrogen-bond donors (Lipinski definition) is 2. The number of nitrogens with zero attached hydrogens (tertiary/aromatic N) is 3. The fourth-order valence-electron chi connectivity index (χ4n) is 4.98. The normalized spacial score (nSPS) is 28.6. The Hall–Kier alpha value is -2.06. The lowest BCUT2D eigenvalue weighted by Gasteiger charge is -2.36. The summed E-state index contributed by atoms with van der Waals surface area (Å²) < 4.78 is 19.7. The molecule has 7 nitrogen and oxygen atoms in total. The molecule has 2 aliphatic rings. The van der Waals surface area contributed by atoms with Crippen LogP contribution in [0.2, 0.25) is 5.15 Å². The number of ether oxygens (including phenoxy) is 1. The van der Waals surface area contributed by atoms with Gasteiger partial charge < -0.3 is 20.0 Å². The number of aromatic nitrogens is 2. The van der Waals surface area contributed by atoms with Crippen LogP contribution in [0.5, 0.6) is 5.88 Å². The van der Waals surface area contributed by atoms with Gasteiger partial charge in [-0.2, -0.15) is 4.98 Å². The molecular weight excluding hydrogens is 447 g/mol. The zero-order valence-electron chi connectivity index (χ0n) is 19.6. The third-order valence-electron chi connectivity index (χ3n) is 6.93. The van der Waals surface area contributed by atoms with Crippen LogP contribution in [0.15, 0.2) is 11.6 Å². The Balaban J connectivity index is 1.79. The van der Waals surface area contributed by atoms with Crippen molar-refractivity contribution in [3.8, 4) is 5.88 Å². The quantitative estimate of drug-likeness (QED) is 0.219. The molecule has 1 aliphatic carbocycles. The summed E-state index contributed by atoms with van der Waals surface area (Å²) in [6.07, 6.45) is 5.31. The third-order valence-corrected chi connectivity index (χ3v) is 7.12. The Morgan fingerprint density at radius 2 is 2.24 bits per heavy atom. The highest BCUT2D eigenvalue weighted by molar-refractivity contribution is 6.29. The van der Waals surface area contributed by atoms with Gasteiger partial charge in [-0.05, 0) is 52.5 Å². The summed E-state index contributed by atoms with van der Waals surface area (Å²) in [6.45, 7) is 4.27. The van der Waals surface area contributed by atoms with Crippen LogP contribution in [-0.4, -0.2) is 63.9 Å². The minimum absolute atomic E-state index is 0.0257. The van der Waals surface area contributed by atoms with E-state index in [0.29, 0.717) is 37.1 Å². The van der Waals surface area contributed by atoms with E-state index in [1.807, 2.05) is 25.8 Å². The van der Waals surface area contributed by atoms with Crippen molar-refractivity contribution in [1.29, 1.82) is 5.41 Å². The maximum atomic E-state index is 13.8. The second-order valence-electron chi connectivity index (χ2n) is 9.54. The number of alkyl halides is 1. The first-order valence-electron chi connectivity index (χ1n) is 11.7. The second kappa shape index (κ2) is 10.9. The number of unbranched alkanes of at least 4 members (excludes halogenated alkanes) is 2. The summed E-state index contributed by atoms with van der Waals surface area (Å²) in [5.41, 5.74) is 0.543. The van der Waals surface area contributed by atoms with E-state index in [1.165, 1.54) is 6.07 Å². The standard InChI is InChI=1S/C24H34ClFN4O3/c1-15(18-12-16(26)14-30(18)3)33-20-13-19(25)28-23(29-20)21(32)17-8-7-10-24(2,22(17)27)9-5-4-6-11-31/h11,13,15-16,18,27,32H,4-10,12,14H2,1-3H3/b21-17-,27-22?/t15-,16+,18-,24+/m0/s1. The number of carbonyl (C=O) groups excluding carboxylic acids is 1. The fourth-order valence-corrected chi connectivity index (χ4v) is 5.15. The number of nitrogens with one attached hydrogen (secondary N) is 1. The van der Waals surface area contributed by atoms with E-state index in [9.17, 15) is 14.3 Å². The van der Waals surface area contributed by atoms with Crippen molar-refractivity contribution in [3.05, 3.63) is 22.6 Å². The van der Waals surface area contributed by atoms with Gasteiger partial charge in [-0.25, -0.2) is 9.37 Å². The number of likely N-dealkylation sites (N-methyl/N-ethyl adjacent to an activating group) is 1. The van der Waals surface area contributed by atoms with Gasteiger partial charge in [0.2, 0.25) is 5.88 Å². The molecule has 2 N–H and O–H groups in total. The molecule has 1 aromatic rings. The lowest BCUT2D eigenvalue weighted by Crippen LogP contribution is -2.38. The summed E-state index contributed by atoms with van der Waals surface area (Å²) in [5, 5.41) is 19.9. The summed E-state index contributed by atoms with van der Waals surface area (Å²) in [5.74, 6) is 0.0812. The highest BCUT2D eigenvalue weighted by atomic mass is 35.5. The molecular formula is C24H34ClFN4O3. The van der Waals surface area contributed by atoms with E-state index in [4.69, 9.17) is 21.7 Å². The molecule has 182 valence electrons. The van der Waals surface area contributed by atoms with Crippen molar-refractivity contribution >= 4 is 29.4 Å². The maximum absolute atomic E-state index is 13.8. The van der Waals surface area contributed by atoms with Crippen LogP contribution in [0.3, 0.4) is 0 Å². The van der Waals surface area contributed by atoms with Crippen LogP contribution in [-0.2, 0) is 4.79 Å². The Labute approximate surface area is 199 Å². The average Bonchev–Trinajstić information content (AvgIpc) is 3.10. The van der Waals surface area contributed by atoms with Gasteiger partial charge >= 0.3 is 0 Å². The van der Waals surface area contributed by atoms with Crippen molar-refractivity contribution in [2.24, 2.45) is 5.41 Å². The van der Waals surface area contributed by atoms with Gasteiger partial charge in [0, 0.05) is 41.8 Å². The van der Waals surface area contributed by atoms with Crippen LogP contribution in [0.1, 0.15) is 71.0 Å². The topological polar surface area (TPSA) is 99.4 Å². The van der Waals surface area contributed by atoms with Crippen LogP contribution >= 0.6 is 11.6 Å². The predicted octanol–water partition coefficient (Wildman–Crippen LogP) is 5.18. The molecule has 9 heteroatoms. The molecule has 2 fully saturated rings. The lowest BCUT2D eigenvalue weighted by atomic mass is 9.68. The molecule has 0 aromatic carbocycles. The molecule has 1 aliphatic heterocycles. The molecule has 33 heavy (non-hydrogen) atoms. The Bertz CT molecular complexity index is 912. The first-order chi connectivity index (χ1) is 15.6. The number of rotatable bonds is 9. The highest BCUT2D eigenvalue weighted by Crippen LogP contribution is 2.42. The summed E-state index contributed by atoms with van der Waals surface area (Å²) in [6, 6.07) is 1.39. The first kappa shape index (κ1) is 25.6. The first-order valence-corrected chi connectivity index (χ1v) is 12.0. The lowest BCUT2D eigenvalue weighted by molar-refractivity contribution is -0.107. The van der Waals surface area contributed by atoms with Gasteiger partial charge in [-0.1, -0.05) is 24.9 Å². The number of aliphatic hydroxyl groups excluding tert-OH is 1. The minimum atomic E-state index is -0.880. The van der Waals surface area contributed by atoms with Crippen molar-refractivity contribution in [2.75, 3.05) is 13.6 Å². The van der Waals surface area contributed by atoms with E-state index in [1.54, 1.807) is 0 Å².